The highest BCUT2D eigenvalue weighted by Crippen LogP contribution is 2.25. The van der Waals surface area contributed by atoms with E-state index in [4.69, 9.17) is 10.5 Å². The number of nitrogens with zero attached hydrogens (tertiary/aromatic N) is 1. The Bertz CT molecular complexity index is 361. The van der Waals surface area contributed by atoms with Crippen molar-refractivity contribution < 1.29 is 4.74 Å². The zero-order valence-corrected chi connectivity index (χ0v) is 10.9. The van der Waals surface area contributed by atoms with Crippen LogP contribution in [0.1, 0.15) is 31.9 Å². The number of benzene rings is 1. The van der Waals surface area contributed by atoms with E-state index in [1.807, 2.05) is 6.92 Å². The molecule has 17 heavy (non-hydrogen) atoms. The summed E-state index contributed by atoms with van der Waals surface area (Å²) >= 11 is 0. The fourth-order valence-electron chi connectivity index (χ4n) is 2.43. The smallest absolute Gasteiger partial charge is 0.0750 e. The molecular formula is C14H22N2O. The highest BCUT2D eigenvalue weighted by molar-refractivity contribution is 5.48. The van der Waals surface area contributed by atoms with Crippen LogP contribution < -0.4 is 10.6 Å². The van der Waals surface area contributed by atoms with Crippen LogP contribution in [0.25, 0.3) is 0 Å². The van der Waals surface area contributed by atoms with Gasteiger partial charge in [-0.2, -0.15) is 0 Å². The summed E-state index contributed by atoms with van der Waals surface area (Å²) in [5, 5.41) is 0. The monoisotopic (exact) mass is 234 g/mol. The van der Waals surface area contributed by atoms with Crippen molar-refractivity contribution in [2.45, 2.75) is 38.5 Å². The Morgan fingerprint density at radius 2 is 2.00 bits per heavy atom. The molecular weight excluding hydrogens is 212 g/mol. The first kappa shape index (κ1) is 12.4. The highest BCUT2D eigenvalue weighted by Gasteiger charge is 2.27. The van der Waals surface area contributed by atoms with E-state index < -0.39 is 0 Å². The molecule has 2 unspecified atom stereocenters. The van der Waals surface area contributed by atoms with Crippen LogP contribution in [0, 0.1) is 0 Å². The number of likely N-dealkylation sites (N-methyl/N-ethyl adjacent to an activating group) is 1. The molecule has 0 amide bonds. The predicted molar refractivity (Wildman–Crippen MR) is 71.3 cm³/mol. The Morgan fingerprint density at radius 1 is 1.35 bits per heavy atom. The van der Waals surface area contributed by atoms with Gasteiger partial charge in [-0.3, -0.25) is 0 Å². The van der Waals surface area contributed by atoms with Gasteiger partial charge >= 0.3 is 0 Å². The second-order valence-electron chi connectivity index (χ2n) is 4.92. The van der Waals surface area contributed by atoms with Gasteiger partial charge in [0.25, 0.3) is 0 Å². The second-order valence-corrected chi connectivity index (χ2v) is 4.92. The van der Waals surface area contributed by atoms with E-state index >= 15 is 0 Å². The lowest BCUT2D eigenvalue weighted by atomic mass is 10.1. The molecule has 1 aromatic rings. The van der Waals surface area contributed by atoms with Crippen LogP contribution >= 0.6 is 0 Å². The molecule has 0 aromatic heterocycles. The standard InChI is InChI=1S/C14H22N2O/c1-10(15)12-4-6-13(7-5-12)16(3)14-8-9-17-11(14)2/h4-7,10-11,14H,8-9,15H2,1-3H3/t10-,11?,14?/m1/s1. The van der Waals surface area contributed by atoms with Crippen molar-refractivity contribution in [1.29, 1.82) is 0 Å². The average molecular weight is 234 g/mol. The van der Waals surface area contributed by atoms with Crippen molar-refractivity contribution in [2.75, 3.05) is 18.6 Å². The molecule has 0 radical (unpaired) electrons. The van der Waals surface area contributed by atoms with Crippen LogP contribution in [0.3, 0.4) is 0 Å². The third kappa shape index (κ3) is 2.61. The van der Waals surface area contributed by atoms with Crippen LogP contribution in [0.2, 0.25) is 0 Å². The lowest BCUT2D eigenvalue weighted by Gasteiger charge is -2.29. The van der Waals surface area contributed by atoms with Crippen molar-refractivity contribution >= 4 is 5.69 Å². The van der Waals surface area contributed by atoms with Crippen molar-refractivity contribution in [3.8, 4) is 0 Å². The molecule has 0 saturated carbocycles. The van der Waals surface area contributed by atoms with Crippen molar-refractivity contribution in [1.82, 2.24) is 0 Å². The Kier molecular flexibility index (Phi) is 3.69. The van der Waals surface area contributed by atoms with Crippen LogP contribution in [0.15, 0.2) is 24.3 Å². The lowest BCUT2D eigenvalue weighted by molar-refractivity contribution is 0.118. The maximum absolute atomic E-state index is 5.85. The van der Waals surface area contributed by atoms with Gasteiger partial charge < -0.3 is 15.4 Å². The second kappa shape index (κ2) is 5.07. The molecule has 2 N–H and O–H groups in total. The Morgan fingerprint density at radius 3 is 2.47 bits per heavy atom. The fraction of sp³-hybridized carbons (Fsp3) is 0.571. The Hall–Kier alpha value is -1.06. The molecule has 0 aliphatic carbocycles. The normalized spacial score (nSPS) is 25.9. The molecule has 0 spiro atoms. The van der Waals surface area contributed by atoms with Gasteiger partial charge in [0.2, 0.25) is 0 Å². The maximum Gasteiger partial charge on any atom is 0.0750 e. The first-order valence-corrected chi connectivity index (χ1v) is 6.29. The molecule has 2 rings (SSSR count). The number of hydrogen-bond acceptors (Lipinski definition) is 3. The van der Waals surface area contributed by atoms with E-state index in [0.717, 1.165) is 13.0 Å². The first-order valence-electron chi connectivity index (χ1n) is 6.29. The number of nitrogens with two attached hydrogens (primary N) is 1. The Balaban J connectivity index is 2.11. The molecule has 1 aliphatic heterocycles. The van der Waals surface area contributed by atoms with Gasteiger partial charge in [0.1, 0.15) is 0 Å². The largest absolute Gasteiger partial charge is 0.376 e. The van der Waals surface area contributed by atoms with E-state index in [2.05, 4.69) is 43.1 Å². The molecule has 3 nitrogen and oxygen atoms in total. The number of hydrogen-bond donors (Lipinski definition) is 1. The summed E-state index contributed by atoms with van der Waals surface area (Å²) in [5.74, 6) is 0. The summed E-state index contributed by atoms with van der Waals surface area (Å²) in [7, 11) is 2.14. The van der Waals surface area contributed by atoms with Crippen LogP contribution in [0.4, 0.5) is 5.69 Å². The topological polar surface area (TPSA) is 38.5 Å². The summed E-state index contributed by atoms with van der Waals surface area (Å²) in [6, 6.07) is 9.08. The van der Waals surface area contributed by atoms with Crippen LogP contribution in [0.5, 0.6) is 0 Å². The van der Waals surface area contributed by atoms with Gasteiger partial charge in [-0.15, -0.1) is 0 Å². The van der Waals surface area contributed by atoms with E-state index in [1.54, 1.807) is 0 Å². The van der Waals surface area contributed by atoms with Crippen molar-refractivity contribution in [3.63, 3.8) is 0 Å². The molecule has 0 bridgehead atoms. The summed E-state index contributed by atoms with van der Waals surface area (Å²) in [6.07, 6.45) is 1.42. The quantitative estimate of drug-likeness (QED) is 0.872. The van der Waals surface area contributed by atoms with Crippen molar-refractivity contribution in [3.05, 3.63) is 29.8 Å². The number of rotatable bonds is 3. The number of anilines is 1. The van der Waals surface area contributed by atoms with Crippen LogP contribution in [-0.2, 0) is 4.74 Å². The summed E-state index contributed by atoms with van der Waals surface area (Å²) < 4.78 is 5.61. The minimum Gasteiger partial charge on any atom is -0.376 e. The van der Waals surface area contributed by atoms with E-state index in [1.165, 1.54) is 11.3 Å². The molecule has 94 valence electrons. The van der Waals surface area contributed by atoms with Gasteiger partial charge in [0.05, 0.1) is 12.1 Å². The van der Waals surface area contributed by atoms with Gasteiger partial charge in [-0.25, -0.2) is 0 Å². The van der Waals surface area contributed by atoms with Gasteiger partial charge in [0.15, 0.2) is 0 Å². The molecule has 1 heterocycles. The predicted octanol–water partition coefficient (Wildman–Crippen LogP) is 2.32. The lowest BCUT2D eigenvalue weighted by Crippen LogP contribution is -2.36. The van der Waals surface area contributed by atoms with Crippen molar-refractivity contribution in [2.24, 2.45) is 5.73 Å². The zero-order valence-electron chi connectivity index (χ0n) is 10.9. The molecule has 1 aromatic carbocycles. The van der Waals surface area contributed by atoms with Crippen LogP contribution in [-0.4, -0.2) is 25.8 Å². The third-order valence-electron chi connectivity index (χ3n) is 3.66. The molecule has 1 fully saturated rings. The van der Waals surface area contributed by atoms with Gasteiger partial charge in [0, 0.05) is 25.4 Å². The highest BCUT2D eigenvalue weighted by atomic mass is 16.5. The fourth-order valence-corrected chi connectivity index (χ4v) is 2.43. The zero-order chi connectivity index (χ0) is 12.4. The molecule has 1 aliphatic rings. The van der Waals surface area contributed by atoms with E-state index in [-0.39, 0.29) is 6.04 Å². The summed E-state index contributed by atoms with van der Waals surface area (Å²) in [4.78, 5) is 2.31. The minimum absolute atomic E-state index is 0.100. The van der Waals surface area contributed by atoms with E-state index in [9.17, 15) is 0 Å². The maximum atomic E-state index is 5.85. The SMILES string of the molecule is CC1OCCC1N(C)c1ccc([C@@H](C)N)cc1. The number of ether oxygens (including phenoxy) is 1. The first-order chi connectivity index (χ1) is 8.09. The van der Waals surface area contributed by atoms with E-state index in [0.29, 0.717) is 12.1 Å². The average Bonchev–Trinajstić information content (AvgIpc) is 2.74. The molecule has 1 saturated heterocycles. The Labute approximate surface area is 104 Å². The molecule has 3 atom stereocenters. The summed E-state index contributed by atoms with van der Waals surface area (Å²) in [5.41, 5.74) is 8.26. The summed E-state index contributed by atoms with van der Waals surface area (Å²) in [6.45, 7) is 5.02. The third-order valence-corrected chi connectivity index (χ3v) is 3.66. The van der Waals surface area contributed by atoms with Gasteiger partial charge in [-0.1, -0.05) is 12.1 Å². The van der Waals surface area contributed by atoms with Gasteiger partial charge in [-0.05, 0) is 38.0 Å². The molecule has 3 heteroatoms. The minimum atomic E-state index is 0.100.